The Morgan fingerprint density at radius 1 is 1.33 bits per heavy atom. The van der Waals surface area contributed by atoms with Crippen molar-refractivity contribution in [3.05, 3.63) is 62.4 Å². The van der Waals surface area contributed by atoms with Crippen molar-refractivity contribution in [3.63, 3.8) is 0 Å². The Morgan fingerprint density at radius 2 is 2.10 bits per heavy atom. The van der Waals surface area contributed by atoms with Gasteiger partial charge >= 0.3 is 5.69 Å². The molecule has 0 spiro atoms. The minimum atomic E-state index is -0.548. The highest BCUT2D eigenvalue weighted by Crippen LogP contribution is 2.34. The van der Waals surface area contributed by atoms with E-state index in [0.717, 1.165) is 0 Å². The minimum Gasteiger partial charge on any atom is -0.450 e. The van der Waals surface area contributed by atoms with Crippen LogP contribution in [-0.2, 0) is 6.54 Å². The molecule has 0 amide bonds. The molecule has 2 rings (SSSR count). The summed E-state index contributed by atoms with van der Waals surface area (Å²) in [5.41, 5.74) is 0.496. The van der Waals surface area contributed by atoms with Crippen LogP contribution < -0.4 is 10.1 Å². The van der Waals surface area contributed by atoms with E-state index < -0.39 is 10.7 Å². The molecule has 0 atom stereocenters. The SMILES string of the molecule is CNCc1cc(F)cc(Oc2ccc(Br)cc2[N+](=O)[O-])c1. The monoisotopic (exact) mass is 354 g/mol. The molecule has 2 aromatic rings. The summed E-state index contributed by atoms with van der Waals surface area (Å²) in [7, 11) is 1.74. The lowest BCUT2D eigenvalue weighted by atomic mass is 10.2. The van der Waals surface area contributed by atoms with E-state index in [-0.39, 0.29) is 17.2 Å². The third-order valence-electron chi connectivity index (χ3n) is 2.66. The Bertz CT molecular complexity index is 679. The van der Waals surface area contributed by atoms with Gasteiger partial charge in [-0.15, -0.1) is 0 Å². The Hall–Kier alpha value is -1.99. The van der Waals surface area contributed by atoms with Crippen LogP contribution in [0.25, 0.3) is 0 Å². The molecule has 5 nitrogen and oxygen atoms in total. The minimum absolute atomic E-state index is 0.0595. The number of ether oxygens (including phenoxy) is 1. The Kier molecular flexibility index (Phi) is 4.87. The molecule has 0 aliphatic carbocycles. The lowest BCUT2D eigenvalue weighted by Crippen LogP contribution is -2.05. The van der Waals surface area contributed by atoms with Crippen molar-refractivity contribution in [2.45, 2.75) is 6.54 Å². The Balaban J connectivity index is 2.36. The number of benzene rings is 2. The third-order valence-corrected chi connectivity index (χ3v) is 3.15. The second-order valence-electron chi connectivity index (χ2n) is 4.30. The molecule has 21 heavy (non-hydrogen) atoms. The van der Waals surface area contributed by atoms with E-state index in [1.54, 1.807) is 19.2 Å². The van der Waals surface area contributed by atoms with Gasteiger partial charge in [0.2, 0.25) is 5.75 Å². The van der Waals surface area contributed by atoms with Crippen molar-refractivity contribution in [2.24, 2.45) is 0 Å². The van der Waals surface area contributed by atoms with Gasteiger partial charge in [-0.2, -0.15) is 0 Å². The topological polar surface area (TPSA) is 64.4 Å². The Morgan fingerprint density at radius 3 is 2.76 bits per heavy atom. The third kappa shape index (κ3) is 3.99. The van der Waals surface area contributed by atoms with Crippen LogP contribution in [0, 0.1) is 15.9 Å². The van der Waals surface area contributed by atoms with Gasteiger partial charge in [-0.05, 0) is 36.9 Å². The highest BCUT2D eigenvalue weighted by Gasteiger charge is 2.16. The highest BCUT2D eigenvalue weighted by molar-refractivity contribution is 9.10. The van der Waals surface area contributed by atoms with Crippen LogP contribution >= 0.6 is 15.9 Å². The highest BCUT2D eigenvalue weighted by atomic mass is 79.9. The van der Waals surface area contributed by atoms with Gasteiger partial charge in [0.05, 0.1) is 4.92 Å². The number of nitrogens with one attached hydrogen (secondary N) is 1. The number of halogens is 2. The molecule has 0 radical (unpaired) electrons. The van der Waals surface area contributed by atoms with E-state index >= 15 is 0 Å². The summed E-state index contributed by atoms with van der Waals surface area (Å²) in [6.07, 6.45) is 0. The first-order valence-electron chi connectivity index (χ1n) is 6.05. The van der Waals surface area contributed by atoms with Crippen molar-refractivity contribution >= 4 is 21.6 Å². The van der Waals surface area contributed by atoms with Crippen molar-refractivity contribution in [2.75, 3.05) is 7.05 Å². The van der Waals surface area contributed by atoms with Crippen LogP contribution in [0.4, 0.5) is 10.1 Å². The molecule has 0 heterocycles. The van der Waals surface area contributed by atoms with Crippen LogP contribution in [0.15, 0.2) is 40.9 Å². The van der Waals surface area contributed by atoms with Gasteiger partial charge < -0.3 is 10.1 Å². The summed E-state index contributed by atoms with van der Waals surface area (Å²) in [5.74, 6) is -0.188. The maximum absolute atomic E-state index is 13.5. The predicted molar refractivity (Wildman–Crippen MR) is 80.0 cm³/mol. The summed E-state index contributed by atoms with van der Waals surface area (Å²) in [6, 6.07) is 8.61. The molecule has 0 bridgehead atoms. The number of nitrogens with zero attached hydrogens (tertiary/aromatic N) is 1. The predicted octanol–water partition coefficient (Wildman–Crippen LogP) is 4.01. The lowest BCUT2D eigenvalue weighted by Gasteiger charge is -2.09. The molecule has 0 aliphatic rings. The zero-order valence-electron chi connectivity index (χ0n) is 11.1. The summed E-state index contributed by atoms with van der Waals surface area (Å²) < 4.78 is 19.6. The van der Waals surface area contributed by atoms with Gasteiger partial charge in [0.15, 0.2) is 0 Å². The molecular weight excluding hydrogens is 343 g/mol. The molecule has 110 valence electrons. The van der Waals surface area contributed by atoms with Crippen LogP contribution in [-0.4, -0.2) is 12.0 Å². The zero-order valence-corrected chi connectivity index (χ0v) is 12.7. The number of hydrogen-bond donors (Lipinski definition) is 1. The second-order valence-corrected chi connectivity index (χ2v) is 5.21. The van der Waals surface area contributed by atoms with Gasteiger partial charge in [0, 0.05) is 23.2 Å². The quantitative estimate of drug-likeness (QED) is 0.650. The van der Waals surface area contributed by atoms with E-state index in [1.807, 2.05) is 0 Å². The van der Waals surface area contributed by atoms with Gasteiger partial charge in [0.1, 0.15) is 11.6 Å². The van der Waals surface area contributed by atoms with Crippen molar-refractivity contribution in [1.82, 2.24) is 5.32 Å². The van der Waals surface area contributed by atoms with Crippen molar-refractivity contribution in [1.29, 1.82) is 0 Å². The van der Waals surface area contributed by atoms with Gasteiger partial charge in [-0.3, -0.25) is 10.1 Å². The van der Waals surface area contributed by atoms with Crippen LogP contribution in [0.5, 0.6) is 11.5 Å². The number of nitro benzene ring substituents is 1. The summed E-state index contributed by atoms with van der Waals surface area (Å²) in [6.45, 7) is 0.469. The fourth-order valence-electron chi connectivity index (χ4n) is 1.83. The molecule has 0 saturated heterocycles. The fourth-order valence-corrected chi connectivity index (χ4v) is 2.18. The maximum atomic E-state index is 13.5. The molecule has 1 N–H and O–H groups in total. The Labute approximate surface area is 129 Å². The molecule has 7 heteroatoms. The van der Waals surface area contributed by atoms with Gasteiger partial charge in [-0.1, -0.05) is 15.9 Å². The van der Waals surface area contributed by atoms with E-state index in [1.165, 1.54) is 24.3 Å². The van der Waals surface area contributed by atoms with E-state index in [0.29, 0.717) is 16.6 Å². The first kappa shape index (κ1) is 15.4. The van der Waals surface area contributed by atoms with Crippen molar-refractivity contribution < 1.29 is 14.1 Å². The number of rotatable bonds is 5. The molecule has 0 saturated carbocycles. The first-order chi connectivity index (χ1) is 9.99. The average Bonchev–Trinajstić information content (AvgIpc) is 2.40. The van der Waals surface area contributed by atoms with Gasteiger partial charge in [0.25, 0.3) is 0 Å². The lowest BCUT2D eigenvalue weighted by molar-refractivity contribution is -0.385. The fraction of sp³-hybridized carbons (Fsp3) is 0.143. The second kappa shape index (κ2) is 6.64. The molecule has 0 unspecified atom stereocenters. The molecule has 0 fully saturated rings. The standard InChI is InChI=1S/C14H12BrFN2O3/c1-17-8-9-4-11(16)7-12(5-9)21-14-3-2-10(15)6-13(14)18(19)20/h2-7,17H,8H2,1H3. The summed E-state index contributed by atoms with van der Waals surface area (Å²) in [5, 5.41) is 13.9. The van der Waals surface area contributed by atoms with Crippen molar-refractivity contribution in [3.8, 4) is 11.5 Å². The maximum Gasteiger partial charge on any atom is 0.312 e. The number of hydrogen-bond acceptors (Lipinski definition) is 4. The smallest absolute Gasteiger partial charge is 0.312 e. The zero-order chi connectivity index (χ0) is 15.4. The number of nitro groups is 1. The van der Waals surface area contributed by atoms with Crippen LogP contribution in [0.2, 0.25) is 0 Å². The van der Waals surface area contributed by atoms with E-state index in [2.05, 4.69) is 21.2 Å². The summed E-state index contributed by atoms with van der Waals surface area (Å²) >= 11 is 3.17. The van der Waals surface area contributed by atoms with E-state index in [9.17, 15) is 14.5 Å². The molecular formula is C14H12BrFN2O3. The van der Waals surface area contributed by atoms with Crippen LogP contribution in [0.3, 0.4) is 0 Å². The van der Waals surface area contributed by atoms with E-state index in [4.69, 9.17) is 4.74 Å². The molecule has 2 aromatic carbocycles. The largest absolute Gasteiger partial charge is 0.450 e. The molecule has 0 aliphatic heterocycles. The molecule has 0 aromatic heterocycles. The average molecular weight is 355 g/mol. The summed E-state index contributed by atoms with van der Waals surface area (Å²) in [4.78, 5) is 10.5. The van der Waals surface area contributed by atoms with Crippen LogP contribution in [0.1, 0.15) is 5.56 Å². The normalized spacial score (nSPS) is 10.4. The first-order valence-corrected chi connectivity index (χ1v) is 6.85. The van der Waals surface area contributed by atoms with Gasteiger partial charge in [-0.25, -0.2) is 4.39 Å².